The van der Waals surface area contributed by atoms with Crippen molar-refractivity contribution in [2.24, 2.45) is 5.41 Å². The van der Waals surface area contributed by atoms with Gasteiger partial charge in [0, 0.05) is 0 Å². The molecule has 5 heteroatoms. The molecular weight excluding hydrogens is 342 g/mol. The molecule has 0 aliphatic rings. The Balaban J connectivity index is 2.26. The van der Waals surface area contributed by atoms with E-state index in [1.165, 1.54) is 0 Å². The molecule has 0 atom stereocenters. The summed E-state index contributed by atoms with van der Waals surface area (Å²) in [5.74, 6) is 1.33. The average Bonchev–Trinajstić information content (AvgIpc) is 2.66. The van der Waals surface area contributed by atoms with Crippen molar-refractivity contribution in [3.8, 4) is 23.3 Å². The summed E-state index contributed by atoms with van der Waals surface area (Å²) in [4.78, 5) is 11.9. The van der Waals surface area contributed by atoms with Crippen molar-refractivity contribution in [2.75, 3.05) is 14.2 Å². The van der Waals surface area contributed by atoms with Gasteiger partial charge in [-0.25, -0.2) is 0 Å². The van der Waals surface area contributed by atoms with Crippen LogP contribution < -0.4 is 14.2 Å². The van der Waals surface area contributed by atoms with Gasteiger partial charge in [-0.15, -0.1) is 0 Å². The summed E-state index contributed by atoms with van der Waals surface area (Å²) in [6.45, 7) is 5.40. The molecule has 0 aromatic heterocycles. The summed E-state index contributed by atoms with van der Waals surface area (Å²) < 4.78 is 15.9. The van der Waals surface area contributed by atoms with Gasteiger partial charge in [0.25, 0.3) is 0 Å². The molecule has 0 spiro atoms. The molecule has 5 nitrogen and oxygen atoms in total. The number of carbonyl (C=O) groups excluding carboxylic acids is 1. The molecule has 2 rings (SSSR count). The number of hydrogen-bond donors (Lipinski definition) is 0. The van der Waals surface area contributed by atoms with E-state index in [4.69, 9.17) is 14.2 Å². The van der Waals surface area contributed by atoms with Gasteiger partial charge in [0.05, 0.1) is 31.3 Å². The molecule has 0 radical (unpaired) electrons. The Kier molecular flexibility index (Phi) is 6.25. The van der Waals surface area contributed by atoms with E-state index in [2.05, 4.69) is 6.07 Å². The van der Waals surface area contributed by atoms with Crippen molar-refractivity contribution in [3.05, 3.63) is 53.6 Å². The van der Waals surface area contributed by atoms with Crippen LogP contribution in [0.2, 0.25) is 0 Å². The fourth-order valence-electron chi connectivity index (χ4n) is 2.24. The molecule has 140 valence electrons. The molecule has 0 saturated heterocycles. The minimum Gasteiger partial charge on any atom is -0.493 e. The Hall–Kier alpha value is -3.26. The van der Waals surface area contributed by atoms with Gasteiger partial charge in [0.1, 0.15) is 5.75 Å². The lowest BCUT2D eigenvalue weighted by Crippen LogP contribution is -2.25. The highest BCUT2D eigenvalue weighted by atomic mass is 16.5. The normalized spacial score (nSPS) is 11.5. The number of esters is 1. The standard InChI is InChI=1S/C22H23NO4/c1-22(2,3)21(24)27-18-9-6-15(7-10-18)12-17(14-23)16-8-11-19(25-4)20(13-16)26-5/h6-13H,1-5H3/b17-12-. The molecule has 0 unspecified atom stereocenters. The third kappa shape index (κ3) is 5.11. The highest BCUT2D eigenvalue weighted by Crippen LogP contribution is 2.31. The second-order valence-electron chi connectivity index (χ2n) is 6.95. The lowest BCUT2D eigenvalue weighted by Gasteiger charge is -2.16. The predicted molar refractivity (Wildman–Crippen MR) is 105 cm³/mol. The monoisotopic (exact) mass is 365 g/mol. The molecule has 0 saturated carbocycles. The van der Waals surface area contributed by atoms with Crippen molar-refractivity contribution in [1.82, 2.24) is 0 Å². The summed E-state index contributed by atoms with van der Waals surface area (Å²) in [5, 5.41) is 9.53. The fourth-order valence-corrected chi connectivity index (χ4v) is 2.24. The maximum absolute atomic E-state index is 11.9. The maximum atomic E-state index is 11.9. The van der Waals surface area contributed by atoms with Crippen LogP contribution in [-0.2, 0) is 4.79 Å². The first-order valence-electron chi connectivity index (χ1n) is 8.45. The number of nitriles is 1. The van der Waals surface area contributed by atoms with Crippen LogP contribution in [0.1, 0.15) is 31.9 Å². The summed E-state index contributed by atoms with van der Waals surface area (Å²) in [6.07, 6.45) is 1.76. The molecule has 0 aliphatic heterocycles. The number of rotatable bonds is 5. The highest BCUT2D eigenvalue weighted by molar-refractivity contribution is 5.90. The summed E-state index contributed by atoms with van der Waals surface area (Å²) in [5.41, 5.74) is 1.45. The van der Waals surface area contributed by atoms with Crippen LogP contribution in [-0.4, -0.2) is 20.2 Å². The van der Waals surface area contributed by atoms with Crippen LogP contribution in [0.4, 0.5) is 0 Å². The van der Waals surface area contributed by atoms with E-state index in [1.54, 1.807) is 83.5 Å². The van der Waals surface area contributed by atoms with E-state index in [0.717, 1.165) is 11.1 Å². The average molecular weight is 365 g/mol. The first kappa shape index (κ1) is 20.1. The largest absolute Gasteiger partial charge is 0.493 e. The lowest BCUT2D eigenvalue weighted by molar-refractivity contribution is -0.142. The number of allylic oxidation sites excluding steroid dienone is 1. The minimum atomic E-state index is -0.569. The minimum absolute atomic E-state index is 0.297. The third-order valence-corrected chi connectivity index (χ3v) is 3.83. The molecule has 0 aliphatic carbocycles. The van der Waals surface area contributed by atoms with Gasteiger partial charge in [-0.1, -0.05) is 12.1 Å². The number of methoxy groups -OCH3 is 2. The second kappa shape index (κ2) is 8.41. The van der Waals surface area contributed by atoms with E-state index in [-0.39, 0.29) is 5.97 Å². The van der Waals surface area contributed by atoms with Crippen molar-refractivity contribution >= 4 is 17.6 Å². The number of nitrogens with zero attached hydrogens (tertiary/aromatic N) is 1. The number of benzene rings is 2. The molecule has 0 N–H and O–H groups in total. The van der Waals surface area contributed by atoms with Gasteiger partial charge in [-0.3, -0.25) is 4.79 Å². The van der Waals surface area contributed by atoms with Crippen molar-refractivity contribution in [1.29, 1.82) is 5.26 Å². The number of ether oxygens (including phenoxy) is 3. The van der Waals surface area contributed by atoms with Gasteiger partial charge < -0.3 is 14.2 Å². The van der Waals surface area contributed by atoms with Crippen LogP contribution in [0.15, 0.2) is 42.5 Å². The van der Waals surface area contributed by atoms with Crippen LogP contribution in [0.25, 0.3) is 11.6 Å². The number of carbonyl (C=O) groups is 1. The van der Waals surface area contributed by atoms with E-state index in [0.29, 0.717) is 22.8 Å². The zero-order chi connectivity index (χ0) is 20.0. The highest BCUT2D eigenvalue weighted by Gasteiger charge is 2.23. The number of hydrogen-bond acceptors (Lipinski definition) is 5. The van der Waals surface area contributed by atoms with E-state index < -0.39 is 5.41 Å². The van der Waals surface area contributed by atoms with Gasteiger partial charge >= 0.3 is 5.97 Å². The van der Waals surface area contributed by atoms with Crippen molar-refractivity contribution < 1.29 is 19.0 Å². The summed E-state index contributed by atoms with van der Waals surface area (Å²) >= 11 is 0. The lowest BCUT2D eigenvalue weighted by atomic mass is 9.97. The third-order valence-electron chi connectivity index (χ3n) is 3.83. The zero-order valence-electron chi connectivity index (χ0n) is 16.2. The van der Waals surface area contributed by atoms with Crippen LogP contribution in [0.3, 0.4) is 0 Å². The topological polar surface area (TPSA) is 68.5 Å². The molecule has 0 amide bonds. The smallest absolute Gasteiger partial charge is 0.316 e. The van der Waals surface area contributed by atoms with Crippen molar-refractivity contribution in [3.63, 3.8) is 0 Å². The molecule has 0 fully saturated rings. The van der Waals surface area contributed by atoms with E-state index in [9.17, 15) is 10.1 Å². The summed E-state index contributed by atoms with van der Waals surface area (Å²) in [6, 6.07) is 14.5. The zero-order valence-corrected chi connectivity index (χ0v) is 16.2. The summed E-state index contributed by atoms with van der Waals surface area (Å²) in [7, 11) is 3.11. The maximum Gasteiger partial charge on any atom is 0.316 e. The first-order chi connectivity index (χ1) is 12.8. The molecular formula is C22H23NO4. The molecule has 0 heterocycles. The van der Waals surface area contributed by atoms with E-state index in [1.807, 2.05) is 0 Å². The Morgan fingerprint density at radius 3 is 2.15 bits per heavy atom. The quantitative estimate of drug-likeness (QED) is 0.332. The molecule has 2 aromatic rings. The molecule has 27 heavy (non-hydrogen) atoms. The Morgan fingerprint density at radius 2 is 1.63 bits per heavy atom. The van der Waals surface area contributed by atoms with E-state index >= 15 is 0 Å². The molecule has 2 aromatic carbocycles. The Bertz CT molecular complexity index is 884. The van der Waals surface area contributed by atoms with Gasteiger partial charge in [0.2, 0.25) is 0 Å². The fraction of sp³-hybridized carbons (Fsp3) is 0.273. The second-order valence-corrected chi connectivity index (χ2v) is 6.95. The first-order valence-corrected chi connectivity index (χ1v) is 8.45. The van der Waals surface area contributed by atoms with Crippen molar-refractivity contribution in [2.45, 2.75) is 20.8 Å². The van der Waals surface area contributed by atoms with Gasteiger partial charge in [-0.2, -0.15) is 5.26 Å². The van der Waals surface area contributed by atoms with Crippen LogP contribution >= 0.6 is 0 Å². The van der Waals surface area contributed by atoms with Gasteiger partial charge in [0.15, 0.2) is 11.5 Å². The van der Waals surface area contributed by atoms with Crippen LogP contribution in [0.5, 0.6) is 17.2 Å². The predicted octanol–water partition coefficient (Wildman–Crippen LogP) is 4.72. The Morgan fingerprint density at radius 1 is 1.00 bits per heavy atom. The van der Waals surface area contributed by atoms with Crippen LogP contribution in [0, 0.1) is 16.7 Å². The van der Waals surface area contributed by atoms with Gasteiger partial charge in [-0.05, 0) is 68.3 Å². The molecule has 0 bridgehead atoms. The SMILES string of the molecule is COc1ccc(/C(C#N)=C\c2ccc(OC(=O)C(C)(C)C)cc2)cc1OC. The Labute approximate surface area is 159 Å².